The average molecular weight is 441 g/mol. The van der Waals surface area contributed by atoms with E-state index in [0.29, 0.717) is 35.1 Å². The molecule has 4 rings (SSSR count). The van der Waals surface area contributed by atoms with Gasteiger partial charge in [-0.15, -0.1) is 0 Å². The molecule has 10 heteroatoms. The van der Waals surface area contributed by atoms with Crippen molar-refractivity contribution in [1.29, 1.82) is 0 Å². The van der Waals surface area contributed by atoms with Gasteiger partial charge in [0.15, 0.2) is 5.65 Å². The smallest absolute Gasteiger partial charge is 0.416 e. The Morgan fingerprint density at radius 3 is 2.53 bits per heavy atom. The summed E-state index contributed by atoms with van der Waals surface area (Å²) in [5, 5.41) is 0. The third-order valence-electron chi connectivity index (χ3n) is 4.80. The number of imidazole rings is 1. The molecule has 3 heterocycles. The van der Waals surface area contributed by atoms with Crippen molar-refractivity contribution in [1.82, 2.24) is 19.4 Å². The van der Waals surface area contributed by atoms with Crippen LogP contribution in [0.15, 0.2) is 61.2 Å². The topological polar surface area (TPSA) is 72.6 Å². The van der Waals surface area contributed by atoms with Crippen molar-refractivity contribution in [3.05, 3.63) is 72.4 Å². The highest BCUT2D eigenvalue weighted by Gasteiger charge is 2.30. The number of anilines is 1. The zero-order chi connectivity index (χ0) is 22.9. The van der Waals surface area contributed by atoms with Crippen LogP contribution < -0.4 is 9.64 Å². The van der Waals surface area contributed by atoms with Gasteiger partial charge in [-0.2, -0.15) is 13.2 Å². The molecule has 7 nitrogen and oxygen atoms in total. The van der Waals surface area contributed by atoms with Gasteiger partial charge in [0.05, 0.1) is 30.3 Å². The predicted molar refractivity (Wildman–Crippen MR) is 112 cm³/mol. The monoisotopic (exact) mass is 441 g/mol. The lowest BCUT2D eigenvalue weighted by atomic mass is 10.1. The van der Waals surface area contributed by atoms with E-state index >= 15 is 0 Å². The number of nitrogens with zero attached hydrogens (tertiary/aromatic N) is 5. The third kappa shape index (κ3) is 4.11. The molecule has 3 aromatic heterocycles. The van der Waals surface area contributed by atoms with Gasteiger partial charge in [0.1, 0.15) is 17.3 Å². The number of pyridine rings is 1. The van der Waals surface area contributed by atoms with Crippen molar-refractivity contribution in [3.63, 3.8) is 0 Å². The molecule has 0 bridgehead atoms. The summed E-state index contributed by atoms with van der Waals surface area (Å²) in [7, 11) is 1.57. The number of amides is 1. The number of benzene rings is 1. The average Bonchev–Trinajstić information content (AvgIpc) is 3.21. The molecule has 1 amide bonds. The zero-order valence-electron chi connectivity index (χ0n) is 17.2. The van der Waals surface area contributed by atoms with E-state index in [1.807, 2.05) is 6.92 Å². The first-order valence-electron chi connectivity index (χ1n) is 9.65. The van der Waals surface area contributed by atoms with Crippen LogP contribution in [-0.4, -0.2) is 38.9 Å². The Morgan fingerprint density at radius 2 is 1.84 bits per heavy atom. The van der Waals surface area contributed by atoms with Crippen LogP contribution in [0.3, 0.4) is 0 Å². The quantitative estimate of drug-likeness (QED) is 0.457. The van der Waals surface area contributed by atoms with Crippen molar-refractivity contribution in [2.45, 2.75) is 13.1 Å². The molecule has 0 aliphatic rings. The molecule has 0 atom stereocenters. The van der Waals surface area contributed by atoms with E-state index in [2.05, 4.69) is 15.0 Å². The molecule has 0 saturated heterocycles. The molecule has 0 aliphatic heterocycles. The van der Waals surface area contributed by atoms with Gasteiger partial charge in [-0.1, -0.05) is 12.1 Å². The van der Waals surface area contributed by atoms with Gasteiger partial charge in [-0.3, -0.25) is 14.1 Å². The highest BCUT2D eigenvalue weighted by molar-refractivity contribution is 6.03. The lowest BCUT2D eigenvalue weighted by molar-refractivity contribution is -0.137. The minimum atomic E-state index is -4.42. The molecule has 0 saturated carbocycles. The van der Waals surface area contributed by atoms with Crippen molar-refractivity contribution in [2.24, 2.45) is 0 Å². The third-order valence-corrected chi connectivity index (χ3v) is 4.80. The van der Waals surface area contributed by atoms with Crippen LogP contribution in [0.4, 0.5) is 19.0 Å². The maximum atomic E-state index is 13.0. The number of hydrogen-bond acceptors (Lipinski definition) is 5. The fourth-order valence-corrected chi connectivity index (χ4v) is 3.16. The Balaban J connectivity index is 1.66. The summed E-state index contributed by atoms with van der Waals surface area (Å²) < 4.78 is 45.6. The number of carbonyl (C=O) groups is 1. The van der Waals surface area contributed by atoms with E-state index < -0.39 is 17.6 Å². The van der Waals surface area contributed by atoms with E-state index in [9.17, 15) is 18.0 Å². The maximum absolute atomic E-state index is 13.0. The largest absolute Gasteiger partial charge is 0.494 e. The Morgan fingerprint density at radius 1 is 1.09 bits per heavy atom. The van der Waals surface area contributed by atoms with Gasteiger partial charge in [0.2, 0.25) is 0 Å². The summed E-state index contributed by atoms with van der Waals surface area (Å²) in [6.45, 7) is 2.33. The fourth-order valence-electron chi connectivity index (χ4n) is 3.16. The Labute approximate surface area is 181 Å². The second kappa shape index (κ2) is 8.29. The van der Waals surface area contributed by atoms with Gasteiger partial charge < -0.3 is 4.74 Å². The molecule has 0 unspecified atom stereocenters. The van der Waals surface area contributed by atoms with Crippen LogP contribution in [-0.2, 0) is 6.18 Å². The first kappa shape index (κ1) is 21.3. The lowest BCUT2D eigenvalue weighted by Gasteiger charge is -2.16. The van der Waals surface area contributed by atoms with Crippen LogP contribution in [0.1, 0.15) is 23.0 Å². The van der Waals surface area contributed by atoms with Gasteiger partial charge in [0.25, 0.3) is 5.91 Å². The van der Waals surface area contributed by atoms with Crippen molar-refractivity contribution in [2.75, 3.05) is 18.6 Å². The van der Waals surface area contributed by atoms with Crippen LogP contribution in [0, 0.1) is 0 Å². The van der Waals surface area contributed by atoms with E-state index in [1.165, 1.54) is 35.6 Å². The maximum Gasteiger partial charge on any atom is 0.416 e. The lowest BCUT2D eigenvalue weighted by Crippen LogP contribution is -2.28. The number of ether oxygens (including phenoxy) is 1. The molecule has 4 aromatic rings. The van der Waals surface area contributed by atoms with E-state index in [-0.39, 0.29) is 5.69 Å². The van der Waals surface area contributed by atoms with Crippen molar-refractivity contribution in [3.8, 4) is 17.0 Å². The molecule has 0 radical (unpaired) electrons. The summed E-state index contributed by atoms with van der Waals surface area (Å²) in [6.07, 6.45) is 1.57. The summed E-state index contributed by atoms with van der Waals surface area (Å²) in [5.74, 6) is 0.552. The SMILES string of the molecule is CCOc1ccnc(N(C)C(=O)c2cn3c(-c4ccc(C(F)(F)F)cc4)cnc3cn2)c1. The summed E-state index contributed by atoms with van der Waals surface area (Å²) in [4.78, 5) is 27.0. The Bertz CT molecular complexity index is 1270. The normalized spacial score (nSPS) is 11.5. The first-order valence-corrected chi connectivity index (χ1v) is 9.65. The van der Waals surface area contributed by atoms with E-state index in [1.54, 1.807) is 29.8 Å². The Hall–Kier alpha value is -3.95. The summed E-state index contributed by atoms with van der Waals surface area (Å²) in [6, 6.07) is 8.08. The second-order valence-electron chi connectivity index (χ2n) is 6.87. The molecule has 0 N–H and O–H groups in total. The molecule has 164 valence electrons. The summed E-state index contributed by atoms with van der Waals surface area (Å²) in [5.41, 5.74) is 0.889. The number of fused-ring (bicyclic) bond motifs is 1. The van der Waals surface area contributed by atoms with Gasteiger partial charge in [-0.25, -0.2) is 15.0 Å². The van der Waals surface area contributed by atoms with Gasteiger partial charge in [-0.05, 0) is 25.1 Å². The van der Waals surface area contributed by atoms with Crippen molar-refractivity contribution < 1.29 is 22.7 Å². The molecule has 32 heavy (non-hydrogen) atoms. The fraction of sp³-hybridized carbons (Fsp3) is 0.182. The number of alkyl halides is 3. The highest BCUT2D eigenvalue weighted by atomic mass is 19.4. The minimum Gasteiger partial charge on any atom is -0.494 e. The number of carbonyl (C=O) groups excluding carboxylic acids is 1. The number of aromatic nitrogens is 4. The van der Waals surface area contributed by atoms with Crippen LogP contribution >= 0.6 is 0 Å². The molecule has 0 spiro atoms. The van der Waals surface area contributed by atoms with Gasteiger partial charge >= 0.3 is 6.18 Å². The highest BCUT2D eigenvalue weighted by Crippen LogP contribution is 2.31. The minimum absolute atomic E-state index is 0.120. The van der Waals surface area contributed by atoms with Crippen molar-refractivity contribution >= 4 is 17.4 Å². The number of rotatable bonds is 5. The van der Waals surface area contributed by atoms with Gasteiger partial charge in [0, 0.05) is 31.1 Å². The zero-order valence-corrected chi connectivity index (χ0v) is 17.2. The molecule has 1 aromatic carbocycles. The molecular formula is C22H18F3N5O2. The molecular weight excluding hydrogens is 423 g/mol. The molecule has 0 fully saturated rings. The van der Waals surface area contributed by atoms with Crippen LogP contribution in [0.5, 0.6) is 5.75 Å². The standard InChI is InChI=1S/C22H18F3N5O2/c1-3-32-16-8-9-26-19(10-16)29(2)21(31)17-13-30-18(11-28-20(30)12-27-17)14-4-6-15(7-5-14)22(23,24)25/h4-13H,3H2,1-2H3. The number of halogens is 3. The van der Waals surface area contributed by atoms with E-state index in [0.717, 1.165) is 12.1 Å². The van der Waals surface area contributed by atoms with E-state index in [4.69, 9.17) is 4.74 Å². The van der Waals surface area contributed by atoms with Crippen LogP contribution in [0.25, 0.3) is 16.9 Å². The first-order chi connectivity index (χ1) is 15.3. The summed E-state index contributed by atoms with van der Waals surface area (Å²) >= 11 is 0. The number of hydrogen-bond donors (Lipinski definition) is 0. The Kier molecular flexibility index (Phi) is 5.52. The molecule has 0 aliphatic carbocycles. The predicted octanol–water partition coefficient (Wildman–Crippen LogP) is 4.49. The van der Waals surface area contributed by atoms with Crippen LogP contribution in [0.2, 0.25) is 0 Å². The second-order valence-corrected chi connectivity index (χ2v) is 6.87.